The molecule has 0 fully saturated rings. The van der Waals surface area contributed by atoms with E-state index >= 15 is 0 Å². The van der Waals surface area contributed by atoms with Crippen LogP contribution in [0.2, 0.25) is 0 Å². The number of hydrogen-bond donors (Lipinski definition) is 2. The highest BCUT2D eigenvalue weighted by Crippen LogP contribution is 2.30. The number of carbonyl (C=O) groups is 2. The Morgan fingerprint density at radius 3 is 3.00 bits per heavy atom. The summed E-state index contributed by atoms with van der Waals surface area (Å²) < 4.78 is 7.39. The van der Waals surface area contributed by atoms with Crippen LogP contribution < -0.4 is 15.4 Å². The van der Waals surface area contributed by atoms with Gasteiger partial charge in [0.1, 0.15) is 5.75 Å². The van der Waals surface area contributed by atoms with Crippen molar-refractivity contribution in [2.45, 2.75) is 6.42 Å². The van der Waals surface area contributed by atoms with Gasteiger partial charge in [0.15, 0.2) is 6.61 Å². The first-order valence-corrected chi connectivity index (χ1v) is 7.99. The van der Waals surface area contributed by atoms with Crippen molar-refractivity contribution >= 4 is 34.1 Å². The molecule has 0 saturated heterocycles. The minimum atomic E-state index is -0.180. The average Bonchev–Trinajstić information content (AvgIpc) is 2.91. The quantitative estimate of drug-likeness (QED) is 0.773. The number of nitrogens with one attached hydrogen (secondary N) is 2. The predicted octanol–water partition coefficient (Wildman–Crippen LogP) is 2.69. The van der Waals surface area contributed by atoms with E-state index in [9.17, 15) is 9.59 Å². The lowest BCUT2D eigenvalue weighted by atomic mass is 10.1. The van der Waals surface area contributed by atoms with Gasteiger partial charge < -0.3 is 19.9 Å². The van der Waals surface area contributed by atoms with Gasteiger partial charge in [-0.25, -0.2) is 0 Å². The highest BCUT2D eigenvalue weighted by atomic mass is 16.5. The fourth-order valence-electron chi connectivity index (χ4n) is 3.10. The van der Waals surface area contributed by atoms with Gasteiger partial charge in [0.05, 0.1) is 12.1 Å². The number of carbonyl (C=O) groups excluding carboxylic acids is 2. The molecule has 1 aliphatic rings. The number of aryl methyl sites for hydroxylation is 1. The van der Waals surface area contributed by atoms with Crippen LogP contribution >= 0.6 is 0 Å². The lowest BCUT2D eigenvalue weighted by Crippen LogP contribution is -2.25. The van der Waals surface area contributed by atoms with E-state index in [0.29, 0.717) is 17.1 Å². The number of benzene rings is 2. The number of hydrogen-bond acceptors (Lipinski definition) is 3. The van der Waals surface area contributed by atoms with Gasteiger partial charge in [0.2, 0.25) is 5.91 Å². The maximum atomic E-state index is 12.4. The summed E-state index contributed by atoms with van der Waals surface area (Å²) in [6, 6.07) is 13.2. The Morgan fingerprint density at radius 2 is 2.12 bits per heavy atom. The maximum Gasteiger partial charge on any atom is 0.262 e. The van der Waals surface area contributed by atoms with Gasteiger partial charge in [-0.05, 0) is 23.8 Å². The van der Waals surface area contributed by atoms with Crippen molar-refractivity contribution in [2.24, 2.45) is 7.05 Å². The van der Waals surface area contributed by atoms with Crippen molar-refractivity contribution in [3.63, 3.8) is 0 Å². The number of ether oxygens (including phenoxy) is 1. The molecule has 25 heavy (non-hydrogen) atoms. The van der Waals surface area contributed by atoms with E-state index in [2.05, 4.69) is 10.6 Å². The normalized spacial score (nSPS) is 13.1. The number of rotatable bonds is 3. The zero-order valence-electron chi connectivity index (χ0n) is 13.7. The third-order valence-electron chi connectivity index (χ3n) is 4.23. The average molecular weight is 335 g/mol. The lowest BCUT2D eigenvalue weighted by Gasteiger charge is -2.18. The van der Waals surface area contributed by atoms with Crippen molar-refractivity contribution in [1.82, 2.24) is 4.57 Å². The molecule has 0 atom stereocenters. The summed E-state index contributed by atoms with van der Waals surface area (Å²) in [5.74, 6) is 0.277. The van der Waals surface area contributed by atoms with E-state index in [1.165, 1.54) is 0 Å². The second-order valence-corrected chi connectivity index (χ2v) is 6.06. The molecule has 0 saturated carbocycles. The molecule has 3 aromatic rings. The molecular weight excluding hydrogens is 318 g/mol. The summed E-state index contributed by atoms with van der Waals surface area (Å²) in [4.78, 5) is 23.7. The van der Waals surface area contributed by atoms with Crippen molar-refractivity contribution in [3.05, 3.63) is 54.2 Å². The van der Waals surface area contributed by atoms with E-state index < -0.39 is 0 Å². The van der Waals surface area contributed by atoms with E-state index in [-0.39, 0.29) is 24.8 Å². The Bertz CT molecular complexity index is 991. The van der Waals surface area contributed by atoms with Crippen molar-refractivity contribution in [2.75, 3.05) is 17.2 Å². The molecule has 0 aliphatic carbocycles. The molecule has 0 bridgehead atoms. The molecular formula is C19H17N3O3. The Morgan fingerprint density at radius 1 is 1.28 bits per heavy atom. The van der Waals surface area contributed by atoms with Crippen molar-refractivity contribution < 1.29 is 14.3 Å². The SMILES string of the molecule is Cn1cc(CC(=O)Nc2ccc3c(c2)OCC(=O)N3)c2ccccc21. The zero-order chi connectivity index (χ0) is 17.4. The fourth-order valence-corrected chi connectivity index (χ4v) is 3.10. The molecule has 126 valence electrons. The van der Waals surface area contributed by atoms with Gasteiger partial charge in [-0.1, -0.05) is 18.2 Å². The molecule has 2 aromatic carbocycles. The summed E-state index contributed by atoms with van der Waals surface area (Å²) in [5.41, 5.74) is 3.34. The van der Waals surface area contributed by atoms with Crippen LogP contribution in [0.3, 0.4) is 0 Å². The van der Waals surface area contributed by atoms with Crippen molar-refractivity contribution in [3.8, 4) is 5.75 Å². The van der Waals surface area contributed by atoms with Crippen LogP contribution in [0.5, 0.6) is 5.75 Å². The summed E-state index contributed by atoms with van der Waals surface area (Å²) in [5, 5.41) is 6.69. The molecule has 2 heterocycles. The number of aromatic nitrogens is 1. The number of amides is 2. The Balaban J connectivity index is 1.51. The Kier molecular flexibility index (Phi) is 3.65. The van der Waals surface area contributed by atoms with E-state index in [1.54, 1.807) is 18.2 Å². The van der Waals surface area contributed by atoms with Crippen LogP contribution in [-0.4, -0.2) is 23.0 Å². The molecule has 6 heteroatoms. The van der Waals surface area contributed by atoms with Gasteiger partial charge in [0.25, 0.3) is 5.91 Å². The van der Waals surface area contributed by atoms with Crippen LogP contribution in [0.15, 0.2) is 48.7 Å². The molecule has 2 N–H and O–H groups in total. The minimum absolute atomic E-state index is 0.0135. The van der Waals surface area contributed by atoms with Gasteiger partial charge in [-0.2, -0.15) is 0 Å². The first-order valence-electron chi connectivity index (χ1n) is 7.99. The summed E-state index contributed by atoms with van der Waals surface area (Å²) >= 11 is 0. The van der Waals surface area contributed by atoms with Crippen LogP contribution in [0.1, 0.15) is 5.56 Å². The van der Waals surface area contributed by atoms with Crippen LogP contribution in [0, 0.1) is 0 Å². The molecule has 0 radical (unpaired) electrons. The van der Waals surface area contributed by atoms with Crippen LogP contribution in [0.25, 0.3) is 10.9 Å². The molecule has 0 unspecified atom stereocenters. The Labute approximate surface area is 144 Å². The van der Waals surface area contributed by atoms with Gasteiger partial charge in [0, 0.05) is 35.9 Å². The largest absolute Gasteiger partial charge is 0.482 e. The smallest absolute Gasteiger partial charge is 0.262 e. The Hall–Kier alpha value is -3.28. The molecule has 2 amide bonds. The fraction of sp³-hybridized carbons (Fsp3) is 0.158. The third-order valence-corrected chi connectivity index (χ3v) is 4.23. The van der Waals surface area contributed by atoms with E-state index in [1.807, 2.05) is 42.1 Å². The summed E-state index contributed by atoms with van der Waals surface area (Å²) in [6.45, 7) is -0.0135. The van der Waals surface area contributed by atoms with Gasteiger partial charge in [-0.3, -0.25) is 9.59 Å². The highest BCUT2D eigenvalue weighted by molar-refractivity contribution is 5.98. The van der Waals surface area contributed by atoms with Crippen LogP contribution in [-0.2, 0) is 23.1 Å². The zero-order valence-corrected chi connectivity index (χ0v) is 13.7. The minimum Gasteiger partial charge on any atom is -0.482 e. The monoisotopic (exact) mass is 335 g/mol. The van der Waals surface area contributed by atoms with Gasteiger partial charge in [-0.15, -0.1) is 0 Å². The third kappa shape index (κ3) is 2.94. The number of para-hydroxylation sites is 1. The molecule has 6 nitrogen and oxygen atoms in total. The second kappa shape index (κ2) is 5.98. The summed E-state index contributed by atoms with van der Waals surface area (Å²) in [6.07, 6.45) is 2.27. The number of anilines is 2. The topological polar surface area (TPSA) is 72.4 Å². The number of nitrogens with zero attached hydrogens (tertiary/aromatic N) is 1. The molecule has 4 rings (SSSR count). The van der Waals surface area contributed by atoms with Crippen molar-refractivity contribution in [1.29, 1.82) is 0 Å². The summed E-state index contributed by atoms with van der Waals surface area (Å²) in [7, 11) is 1.97. The van der Waals surface area contributed by atoms with E-state index in [0.717, 1.165) is 16.5 Å². The highest BCUT2D eigenvalue weighted by Gasteiger charge is 2.17. The van der Waals surface area contributed by atoms with E-state index in [4.69, 9.17) is 4.74 Å². The molecule has 0 spiro atoms. The molecule has 1 aliphatic heterocycles. The predicted molar refractivity (Wildman–Crippen MR) is 95.8 cm³/mol. The second-order valence-electron chi connectivity index (χ2n) is 6.06. The first kappa shape index (κ1) is 15.3. The molecule has 1 aromatic heterocycles. The number of fused-ring (bicyclic) bond motifs is 2. The van der Waals surface area contributed by atoms with Crippen LogP contribution in [0.4, 0.5) is 11.4 Å². The lowest BCUT2D eigenvalue weighted by molar-refractivity contribution is -0.118. The first-order chi connectivity index (χ1) is 12.1. The standard InChI is InChI=1S/C19H17N3O3/c1-22-10-12(14-4-2-3-5-16(14)22)8-18(23)20-13-6-7-15-17(9-13)25-11-19(24)21-15/h2-7,9-10H,8,11H2,1H3,(H,20,23)(H,21,24). The van der Waals surface area contributed by atoms with Gasteiger partial charge >= 0.3 is 0 Å². The maximum absolute atomic E-state index is 12.4.